The molecule has 2 aromatic rings. The van der Waals surface area contributed by atoms with Crippen LogP contribution < -0.4 is 10.6 Å². The van der Waals surface area contributed by atoms with Crippen LogP contribution >= 0.6 is 11.8 Å². The van der Waals surface area contributed by atoms with Gasteiger partial charge in [0.2, 0.25) is 5.91 Å². The second-order valence-electron chi connectivity index (χ2n) is 5.80. The zero-order valence-electron chi connectivity index (χ0n) is 15.4. The van der Waals surface area contributed by atoms with E-state index < -0.39 is 29.9 Å². The number of methoxy groups -OCH3 is 1. The van der Waals surface area contributed by atoms with Gasteiger partial charge in [0.15, 0.2) is 0 Å². The molecule has 0 aliphatic heterocycles. The van der Waals surface area contributed by atoms with Crippen LogP contribution in [-0.2, 0) is 14.3 Å². The molecule has 1 aromatic carbocycles. The maximum absolute atomic E-state index is 12.4. The van der Waals surface area contributed by atoms with Gasteiger partial charge in [0, 0.05) is 0 Å². The number of hydrogen-bond acceptors (Lipinski definition) is 7. The average molecular weight is 390 g/mol. The Labute approximate surface area is 161 Å². The van der Waals surface area contributed by atoms with E-state index in [0.717, 1.165) is 0 Å². The number of benzene rings is 1. The normalized spacial score (nSPS) is 12.9. The summed E-state index contributed by atoms with van der Waals surface area (Å²) in [6.45, 7) is 1.53. The van der Waals surface area contributed by atoms with Crippen LogP contribution in [0, 0.1) is 0 Å². The molecule has 0 fully saturated rings. The van der Waals surface area contributed by atoms with Crippen molar-refractivity contribution >= 4 is 40.6 Å². The van der Waals surface area contributed by atoms with Gasteiger partial charge >= 0.3 is 5.97 Å². The third-order valence-electron chi connectivity index (χ3n) is 3.83. The van der Waals surface area contributed by atoms with E-state index in [-0.39, 0.29) is 5.69 Å². The highest BCUT2D eigenvalue weighted by Crippen LogP contribution is 2.08. The van der Waals surface area contributed by atoms with E-state index in [1.807, 2.05) is 12.3 Å². The second-order valence-corrected chi connectivity index (χ2v) is 6.79. The number of fused-ring (bicyclic) bond motifs is 1. The molecule has 0 aliphatic carbocycles. The molecule has 2 amide bonds. The Balaban J connectivity index is 2.00. The number of para-hydroxylation sites is 2. The highest BCUT2D eigenvalue weighted by Gasteiger charge is 2.25. The molecule has 2 N–H and O–H groups in total. The van der Waals surface area contributed by atoms with Gasteiger partial charge in [0.05, 0.1) is 24.3 Å². The maximum atomic E-state index is 12.4. The minimum atomic E-state index is -0.854. The number of carbonyl (C=O) groups excluding carboxylic acids is 3. The van der Waals surface area contributed by atoms with Gasteiger partial charge in [-0.25, -0.2) is 9.78 Å². The third-order valence-corrected chi connectivity index (χ3v) is 4.48. The van der Waals surface area contributed by atoms with Gasteiger partial charge < -0.3 is 15.4 Å². The van der Waals surface area contributed by atoms with Crippen LogP contribution in [0.2, 0.25) is 0 Å². The van der Waals surface area contributed by atoms with Gasteiger partial charge in [0.1, 0.15) is 17.8 Å². The summed E-state index contributed by atoms with van der Waals surface area (Å²) in [6, 6.07) is 5.57. The third kappa shape index (κ3) is 5.65. The Morgan fingerprint density at radius 3 is 2.56 bits per heavy atom. The summed E-state index contributed by atoms with van der Waals surface area (Å²) in [5, 5.41) is 5.18. The largest absolute Gasteiger partial charge is 0.467 e. The first kappa shape index (κ1) is 20.6. The molecule has 1 heterocycles. The summed E-state index contributed by atoms with van der Waals surface area (Å²) in [5.74, 6) is -0.826. The summed E-state index contributed by atoms with van der Waals surface area (Å²) in [4.78, 5) is 44.9. The lowest BCUT2D eigenvalue weighted by Gasteiger charge is -2.19. The van der Waals surface area contributed by atoms with Crippen molar-refractivity contribution in [3.8, 4) is 0 Å². The molecule has 1 aromatic heterocycles. The van der Waals surface area contributed by atoms with E-state index in [9.17, 15) is 14.4 Å². The Morgan fingerprint density at radius 2 is 1.89 bits per heavy atom. The van der Waals surface area contributed by atoms with Gasteiger partial charge in [-0.15, -0.1) is 0 Å². The van der Waals surface area contributed by atoms with Gasteiger partial charge in [-0.3, -0.25) is 14.6 Å². The number of thioether (sulfide) groups is 1. The topological polar surface area (TPSA) is 110 Å². The minimum absolute atomic E-state index is 0.111. The number of aromatic nitrogens is 2. The minimum Gasteiger partial charge on any atom is -0.467 e. The first-order valence-corrected chi connectivity index (χ1v) is 9.75. The molecule has 27 heavy (non-hydrogen) atoms. The molecular weight excluding hydrogens is 368 g/mol. The van der Waals surface area contributed by atoms with Crippen LogP contribution in [-0.4, -0.2) is 59.0 Å². The number of esters is 1. The fourth-order valence-corrected chi connectivity index (χ4v) is 2.80. The molecule has 0 saturated carbocycles. The predicted octanol–water partition coefficient (Wildman–Crippen LogP) is 1.16. The standard InChI is InChI=1S/C18H22N4O4S/c1-11(16(23)22-14(8-9-27-3)18(25)26-2)20-17(24)15-10-19-12-6-4-5-7-13(12)21-15/h4-7,10-11,14H,8-9H2,1-3H3,(H,20,24)(H,22,23)/t11-,14-/m1/s1. The van der Waals surface area contributed by atoms with Gasteiger partial charge in [-0.2, -0.15) is 11.8 Å². The molecule has 0 saturated heterocycles. The Hall–Kier alpha value is -2.68. The van der Waals surface area contributed by atoms with E-state index in [4.69, 9.17) is 4.74 Å². The Bertz CT molecular complexity index is 830. The summed E-state index contributed by atoms with van der Waals surface area (Å²) >= 11 is 1.56. The fraction of sp³-hybridized carbons (Fsp3) is 0.389. The predicted molar refractivity (Wildman–Crippen MR) is 103 cm³/mol. The van der Waals surface area contributed by atoms with Crippen molar-refractivity contribution in [2.45, 2.75) is 25.4 Å². The fourth-order valence-electron chi connectivity index (χ4n) is 2.33. The highest BCUT2D eigenvalue weighted by atomic mass is 32.2. The van der Waals surface area contributed by atoms with Crippen molar-refractivity contribution in [3.63, 3.8) is 0 Å². The van der Waals surface area contributed by atoms with Crippen molar-refractivity contribution in [2.24, 2.45) is 0 Å². The highest BCUT2D eigenvalue weighted by molar-refractivity contribution is 7.98. The van der Waals surface area contributed by atoms with Gasteiger partial charge in [-0.05, 0) is 37.5 Å². The molecule has 2 atom stereocenters. The lowest BCUT2D eigenvalue weighted by atomic mass is 10.2. The Kier molecular flexibility index (Phi) is 7.54. The quantitative estimate of drug-likeness (QED) is 0.651. The number of hydrogen-bond donors (Lipinski definition) is 2. The molecule has 0 unspecified atom stereocenters. The van der Waals surface area contributed by atoms with E-state index in [1.165, 1.54) is 20.2 Å². The monoisotopic (exact) mass is 390 g/mol. The Morgan fingerprint density at radius 1 is 1.19 bits per heavy atom. The smallest absolute Gasteiger partial charge is 0.328 e. The van der Waals surface area contributed by atoms with Crippen LogP contribution in [0.15, 0.2) is 30.5 Å². The molecule has 0 aliphatic rings. The number of nitrogens with zero attached hydrogens (tertiary/aromatic N) is 2. The second kappa shape index (κ2) is 9.86. The average Bonchev–Trinajstić information content (AvgIpc) is 2.69. The lowest BCUT2D eigenvalue weighted by Crippen LogP contribution is -2.50. The number of nitrogens with one attached hydrogen (secondary N) is 2. The molecule has 0 bridgehead atoms. The van der Waals surface area contributed by atoms with E-state index >= 15 is 0 Å². The van der Waals surface area contributed by atoms with Crippen LogP contribution in [0.5, 0.6) is 0 Å². The van der Waals surface area contributed by atoms with Crippen LogP contribution in [0.1, 0.15) is 23.8 Å². The molecule has 9 heteroatoms. The first-order valence-electron chi connectivity index (χ1n) is 8.36. The zero-order chi connectivity index (χ0) is 19.8. The molecule has 144 valence electrons. The SMILES string of the molecule is COC(=O)[C@@H](CCSC)NC(=O)[C@@H](C)NC(=O)c1cnc2ccccc2n1. The number of rotatable bonds is 8. The number of ether oxygens (including phenoxy) is 1. The van der Waals surface area contributed by atoms with E-state index in [0.29, 0.717) is 23.2 Å². The summed E-state index contributed by atoms with van der Waals surface area (Å²) < 4.78 is 4.71. The number of carbonyl (C=O) groups is 3. The van der Waals surface area contributed by atoms with Crippen molar-refractivity contribution in [3.05, 3.63) is 36.2 Å². The van der Waals surface area contributed by atoms with Crippen LogP contribution in [0.25, 0.3) is 11.0 Å². The van der Waals surface area contributed by atoms with Crippen molar-refractivity contribution in [1.82, 2.24) is 20.6 Å². The molecular formula is C18H22N4O4S. The van der Waals surface area contributed by atoms with Crippen LogP contribution in [0.3, 0.4) is 0 Å². The zero-order valence-corrected chi connectivity index (χ0v) is 16.2. The summed E-state index contributed by atoms with van der Waals surface area (Å²) in [5.41, 5.74) is 1.37. The van der Waals surface area contributed by atoms with Crippen LogP contribution in [0.4, 0.5) is 0 Å². The first-order chi connectivity index (χ1) is 13.0. The van der Waals surface area contributed by atoms with Crippen molar-refractivity contribution < 1.29 is 19.1 Å². The summed E-state index contributed by atoms with van der Waals surface area (Å²) in [6.07, 6.45) is 3.71. The van der Waals surface area contributed by atoms with Crippen molar-refractivity contribution in [2.75, 3.05) is 19.1 Å². The summed E-state index contributed by atoms with van der Waals surface area (Å²) in [7, 11) is 1.27. The van der Waals surface area contributed by atoms with E-state index in [2.05, 4.69) is 20.6 Å². The number of amides is 2. The lowest BCUT2D eigenvalue weighted by molar-refractivity contribution is -0.145. The van der Waals surface area contributed by atoms with Crippen molar-refractivity contribution in [1.29, 1.82) is 0 Å². The van der Waals surface area contributed by atoms with Gasteiger partial charge in [0.25, 0.3) is 5.91 Å². The van der Waals surface area contributed by atoms with Gasteiger partial charge in [-0.1, -0.05) is 12.1 Å². The maximum Gasteiger partial charge on any atom is 0.328 e. The molecule has 2 rings (SSSR count). The molecule has 0 spiro atoms. The van der Waals surface area contributed by atoms with E-state index in [1.54, 1.807) is 30.0 Å². The molecule has 8 nitrogen and oxygen atoms in total. The molecule has 0 radical (unpaired) electrons.